The van der Waals surface area contributed by atoms with Crippen LogP contribution >= 0.6 is 0 Å². The second kappa shape index (κ2) is 8.06. The zero-order chi connectivity index (χ0) is 21.4. The average Bonchev–Trinajstić information content (AvgIpc) is 2.73. The van der Waals surface area contributed by atoms with E-state index in [0.717, 1.165) is 48.3 Å². The molecule has 4 bridgehead atoms. The first-order valence-electron chi connectivity index (χ1n) is 11.4. The van der Waals surface area contributed by atoms with Crippen LogP contribution < -0.4 is 10.6 Å². The summed E-state index contributed by atoms with van der Waals surface area (Å²) in [5.41, 5.74) is 1.90. The molecule has 6 nitrogen and oxygen atoms in total. The number of benzene rings is 1. The van der Waals surface area contributed by atoms with Crippen LogP contribution in [0.25, 0.3) is 0 Å². The van der Waals surface area contributed by atoms with E-state index in [1.807, 2.05) is 37.3 Å². The van der Waals surface area contributed by atoms with E-state index in [1.165, 1.54) is 25.5 Å². The third kappa shape index (κ3) is 4.34. The lowest BCUT2D eigenvalue weighted by molar-refractivity contribution is -0.128. The maximum atomic E-state index is 13.5. The quantitative estimate of drug-likeness (QED) is 0.755. The molecule has 1 aromatic carbocycles. The van der Waals surface area contributed by atoms with Crippen LogP contribution in [0.3, 0.4) is 0 Å². The lowest BCUT2D eigenvalue weighted by Gasteiger charge is -2.57. The van der Waals surface area contributed by atoms with Crippen molar-refractivity contribution in [3.8, 4) is 0 Å². The fraction of sp³-hybridized carbons (Fsp3) is 0.520. The molecular weight excluding hydrogens is 388 g/mol. The molecule has 6 heteroatoms. The standard InChI is InChI=1S/C25H30N4O2/c1-16-14-27-22(15-26-16)23(30)28-21(10-17-5-3-2-4-6-17)24(31)29-25-11-18-7-19(12-25)9-20(8-18)13-25/h2-6,14-15,18-21H,7-13H2,1H3,(H,28,30)(H,29,31)/t18?,19?,20?,21-,25?/m1/s1. The van der Waals surface area contributed by atoms with E-state index in [1.54, 1.807) is 6.20 Å². The summed E-state index contributed by atoms with van der Waals surface area (Å²) in [6.07, 6.45) is 10.7. The molecule has 1 heterocycles. The van der Waals surface area contributed by atoms with Gasteiger partial charge in [-0.05, 0) is 68.8 Å². The SMILES string of the molecule is Cc1cnc(C(=O)N[C@H](Cc2ccccc2)C(=O)NC23CC4CC(CC(C4)C2)C3)cn1. The Labute approximate surface area is 183 Å². The number of amides is 2. The van der Waals surface area contributed by atoms with Crippen molar-refractivity contribution in [1.82, 2.24) is 20.6 Å². The predicted octanol–water partition coefficient (Wildman–Crippen LogP) is 3.21. The summed E-state index contributed by atoms with van der Waals surface area (Å²) in [4.78, 5) is 34.7. The van der Waals surface area contributed by atoms with Crippen molar-refractivity contribution in [2.45, 2.75) is 63.5 Å². The molecule has 1 atom stereocenters. The third-order valence-electron chi connectivity index (χ3n) is 7.34. The number of aromatic nitrogens is 2. The molecule has 4 aliphatic carbocycles. The van der Waals surface area contributed by atoms with Gasteiger partial charge >= 0.3 is 0 Å². The number of carbonyl (C=O) groups excluding carboxylic acids is 2. The molecule has 0 aliphatic heterocycles. The smallest absolute Gasteiger partial charge is 0.272 e. The van der Waals surface area contributed by atoms with Gasteiger partial charge in [-0.15, -0.1) is 0 Å². The number of carbonyl (C=O) groups is 2. The molecule has 0 unspecified atom stereocenters. The summed E-state index contributed by atoms with van der Waals surface area (Å²) in [5.74, 6) is 1.79. The highest BCUT2D eigenvalue weighted by atomic mass is 16.2. The maximum Gasteiger partial charge on any atom is 0.272 e. The molecule has 1 aromatic heterocycles. The Balaban J connectivity index is 1.34. The van der Waals surface area contributed by atoms with Crippen LogP contribution in [0.5, 0.6) is 0 Å². The van der Waals surface area contributed by atoms with Gasteiger partial charge in [0.25, 0.3) is 5.91 Å². The molecule has 6 rings (SSSR count). The Morgan fingerprint density at radius 2 is 1.65 bits per heavy atom. The molecule has 0 saturated heterocycles. The van der Waals surface area contributed by atoms with Crippen LogP contribution in [0.2, 0.25) is 0 Å². The fourth-order valence-corrected chi connectivity index (χ4v) is 6.41. The first-order valence-corrected chi connectivity index (χ1v) is 11.4. The highest BCUT2D eigenvalue weighted by molar-refractivity contribution is 5.96. The number of hydrogen-bond acceptors (Lipinski definition) is 4. The van der Waals surface area contributed by atoms with Gasteiger partial charge < -0.3 is 10.6 Å². The van der Waals surface area contributed by atoms with Gasteiger partial charge in [0.05, 0.1) is 11.9 Å². The highest BCUT2D eigenvalue weighted by Gasteiger charge is 2.51. The summed E-state index contributed by atoms with van der Waals surface area (Å²) in [6, 6.07) is 9.19. The Morgan fingerprint density at radius 3 is 2.23 bits per heavy atom. The summed E-state index contributed by atoms with van der Waals surface area (Å²) in [6.45, 7) is 1.83. The number of aryl methyl sites for hydroxylation is 1. The van der Waals surface area contributed by atoms with Gasteiger partial charge in [0.15, 0.2) is 0 Å². The third-order valence-corrected chi connectivity index (χ3v) is 7.34. The summed E-state index contributed by atoms with van der Waals surface area (Å²) >= 11 is 0. The normalized spacial score (nSPS) is 29.4. The molecule has 0 spiro atoms. The first-order chi connectivity index (χ1) is 15.0. The Kier molecular flexibility index (Phi) is 5.24. The van der Waals surface area contributed by atoms with Gasteiger partial charge in [0, 0.05) is 18.2 Å². The number of hydrogen-bond donors (Lipinski definition) is 2. The zero-order valence-corrected chi connectivity index (χ0v) is 18.0. The van der Waals surface area contributed by atoms with E-state index in [9.17, 15) is 9.59 Å². The zero-order valence-electron chi connectivity index (χ0n) is 18.0. The highest BCUT2D eigenvalue weighted by Crippen LogP contribution is 2.55. The van der Waals surface area contributed by atoms with Crippen LogP contribution in [0, 0.1) is 24.7 Å². The minimum atomic E-state index is -0.647. The van der Waals surface area contributed by atoms with Gasteiger partial charge in [-0.25, -0.2) is 4.98 Å². The Morgan fingerprint density at radius 1 is 1.00 bits per heavy atom. The van der Waals surface area contributed by atoms with Crippen LogP contribution in [0.1, 0.15) is 60.3 Å². The van der Waals surface area contributed by atoms with Crippen molar-refractivity contribution in [3.63, 3.8) is 0 Å². The molecule has 162 valence electrons. The van der Waals surface area contributed by atoms with Crippen LogP contribution in [0.4, 0.5) is 0 Å². The van der Waals surface area contributed by atoms with Gasteiger partial charge in [0.1, 0.15) is 11.7 Å². The van der Waals surface area contributed by atoms with Gasteiger partial charge in [-0.3, -0.25) is 14.6 Å². The second-order valence-electron chi connectivity index (χ2n) is 9.95. The predicted molar refractivity (Wildman–Crippen MR) is 117 cm³/mol. The van der Waals surface area contributed by atoms with Crippen molar-refractivity contribution in [1.29, 1.82) is 0 Å². The first kappa shape index (κ1) is 20.2. The van der Waals surface area contributed by atoms with Crippen molar-refractivity contribution >= 4 is 11.8 Å². The summed E-state index contributed by atoms with van der Waals surface area (Å²) in [7, 11) is 0. The molecule has 31 heavy (non-hydrogen) atoms. The fourth-order valence-electron chi connectivity index (χ4n) is 6.41. The van der Waals surface area contributed by atoms with Crippen molar-refractivity contribution in [2.75, 3.05) is 0 Å². The number of nitrogens with zero attached hydrogens (tertiary/aromatic N) is 2. The molecule has 4 aliphatic rings. The summed E-state index contributed by atoms with van der Waals surface area (Å²) in [5, 5.41) is 6.35. The van der Waals surface area contributed by atoms with Crippen LogP contribution in [-0.4, -0.2) is 33.4 Å². The molecule has 4 fully saturated rings. The van der Waals surface area contributed by atoms with Crippen LogP contribution in [0.15, 0.2) is 42.7 Å². The molecular formula is C25H30N4O2. The van der Waals surface area contributed by atoms with Crippen LogP contribution in [-0.2, 0) is 11.2 Å². The maximum absolute atomic E-state index is 13.5. The Bertz CT molecular complexity index is 922. The minimum absolute atomic E-state index is 0.0841. The molecule has 4 saturated carbocycles. The molecule has 2 N–H and O–H groups in total. The topological polar surface area (TPSA) is 84.0 Å². The van der Waals surface area contributed by atoms with E-state index in [0.29, 0.717) is 6.42 Å². The average molecular weight is 419 g/mol. The number of nitrogens with one attached hydrogen (secondary N) is 2. The van der Waals surface area contributed by atoms with E-state index in [4.69, 9.17) is 0 Å². The van der Waals surface area contributed by atoms with Crippen molar-refractivity contribution < 1.29 is 9.59 Å². The van der Waals surface area contributed by atoms with E-state index in [2.05, 4.69) is 20.6 Å². The van der Waals surface area contributed by atoms with Gasteiger partial charge in [-0.2, -0.15) is 0 Å². The number of rotatable bonds is 6. The molecule has 2 amide bonds. The monoisotopic (exact) mass is 418 g/mol. The van der Waals surface area contributed by atoms with Gasteiger partial charge in [-0.1, -0.05) is 30.3 Å². The largest absolute Gasteiger partial charge is 0.349 e. The van der Waals surface area contributed by atoms with E-state index >= 15 is 0 Å². The summed E-state index contributed by atoms with van der Waals surface area (Å²) < 4.78 is 0. The lowest BCUT2D eigenvalue weighted by atomic mass is 9.53. The Hall–Kier alpha value is -2.76. The van der Waals surface area contributed by atoms with E-state index in [-0.39, 0.29) is 23.0 Å². The van der Waals surface area contributed by atoms with Crippen molar-refractivity contribution in [3.05, 3.63) is 59.7 Å². The van der Waals surface area contributed by atoms with Gasteiger partial charge in [0.2, 0.25) is 5.91 Å². The van der Waals surface area contributed by atoms with E-state index < -0.39 is 6.04 Å². The lowest BCUT2D eigenvalue weighted by Crippen LogP contribution is -2.63. The molecule has 2 aromatic rings. The molecule has 0 radical (unpaired) electrons. The van der Waals surface area contributed by atoms with Crippen molar-refractivity contribution in [2.24, 2.45) is 17.8 Å². The second-order valence-corrected chi connectivity index (χ2v) is 9.95. The minimum Gasteiger partial charge on any atom is -0.349 e.